The normalized spacial score (nSPS) is 25.5. The predicted octanol–water partition coefficient (Wildman–Crippen LogP) is 0.506. The molecule has 3 rings (SSSR count). The zero-order valence-corrected chi connectivity index (χ0v) is 17.2. The molecule has 7 heteroatoms. The van der Waals surface area contributed by atoms with E-state index in [0.29, 0.717) is 44.8 Å². The van der Waals surface area contributed by atoms with E-state index in [1.54, 1.807) is 4.31 Å². The van der Waals surface area contributed by atoms with Crippen molar-refractivity contribution in [3.63, 3.8) is 0 Å². The molecule has 0 saturated carbocycles. The summed E-state index contributed by atoms with van der Waals surface area (Å²) >= 11 is 0. The van der Waals surface area contributed by atoms with E-state index in [2.05, 4.69) is 18.7 Å². The van der Waals surface area contributed by atoms with Crippen LogP contribution < -0.4 is 4.90 Å². The molecule has 6 nitrogen and oxygen atoms in total. The van der Waals surface area contributed by atoms with E-state index >= 15 is 0 Å². The maximum atomic E-state index is 12.8. The fraction of sp³-hybridized carbons (Fsp3) is 0.650. The molecule has 27 heavy (non-hydrogen) atoms. The minimum Gasteiger partial charge on any atom is -0.332 e. The van der Waals surface area contributed by atoms with Gasteiger partial charge in [-0.05, 0) is 38.7 Å². The number of rotatable bonds is 5. The number of sulfonamides is 1. The number of nitrogens with one attached hydrogen (secondary N) is 1. The number of carbonyl (C=O) groups excluding carboxylic acids is 1. The summed E-state index contributed by atoms with van der Waals surface area (Å²) in [6, 6.07) is 9.93. The number of likely N-dealkylation sites (tertiary alicyclic amines) is 1. The van der Waals surface area contributed by atoms with Gasteiger partial charge < -0.3 is 9.80 Å². The molecule has 0 bridgehead atoms. The molecule has 0 unspecified atom stereocenters. The highest BCUT2D eigenvalue weighted by atomic mass is 32.2. The van der Waals surface area contributed by atoms with Gasteiger partial charge in [-0.25, -0.2) is 8.42 Å². The van der Waals surface area contributed by atoms with Crippen LogP contribution in [0.2, 0.25) is 0 Å². The third-order valence-electron chi connectivity index (χ3n) is 5.90. The van der Waals surface area contributed by atoms with Gasteiger partial charge in [0.05, 0.1) is 31.9 Å². The summed E-state index contributed by atoms with van der Waals surface area (Å²) in [6.07, 6.45) is 3.35. The SMILES string of the molecule is C[C@@H]1CCC[C@@H](C)N1C(=O)C[NH+]1CCN(S(=O)(=O)Cc2ccccc2)CC1. The van der Waals surface area contributed by atoms with Crippen LogP contribution in [0, 0.1) is 0 Å². The average Bonchev–Trinajstić information content (AvgIpc) is 2.62. The van der Waals surface area contributed by atoms with Crippen molar-refractivity contribution in [1.29, 1.82) is 0 Å². The Bertz CT molecular complexity index is 720. The Balaban J connectivity index is 1.52. The number of carbonyl (C=O) groups is 1. The Morgan fingerprint density at radius 1 is 1.07 bits per heavy atom. The summed E-state index contributed by atoms with van der Waals surface area (Å²) in [4.78, 5) is 16.0. The van der Waals surface area contributed by atoms with Crippen molar-refractivity contribution in [3.8, 4) is 0 Å². The van der Waals surface area contributed by atoms with E-state index in [1.807, 2.05) is 30.3 Å². The monoisotopic (exact) mass is 394 g/mol. The van der Waals surface area contributed by atoms with Crippen molar-refractivity contribution < 1.29 is 18.1 Å². The van der Waals surface area contributed by atoms with Gasteiger partial charge in [-0.1, -0.05) is 30.3 Å². The third kappa shape index (κ3) is 5.09. The Labute approximate surface area is 163 Å². The van der Waals surface area contributed by atoms with Crippen molar-refractivity contribution in [2.75, 3.05) is 32.7 Å². The molecule has 2 atom stereocenters. The smallest absolute Gasteiger partial charge is 0.278 e. The number of amides is 1. The summed E-state index contributed by atoms with van der Waals surface area (Å²) in [5, 5.41) is 0. The van der Waals surface area contributed by atoms with Gasteiger partial charge in [-0.15, -0.1) is 0 Å². The number of piperidine rings is 1. The molecule has 150 valence electrons. The van der Waals surface area contributed by atoms with Crippen molar-refractivity contribution in [2.24, 2.45) is 0 Å². The highest BCUT2D eigenvalue weighted by molar-refractivity contribution is 7.88. The second kappa shape index (κ2) is 8.71. The first kappa shape index (κ1) is 20.3. The number of hydrogen-bond acceptors (Lipinski definition) is 3. The minimum atomic E-state index is -3.30. The highest BCUT2D eigenvalue weighted by Gasteiger charge is 2.34. The highest BCUT2D eigenvalue weighted by Crippen LogP contribution is 2.22. The predicted molar refractivity (Wildman–Crippen MR) is 106 cm³/mol. The van der Waals surface area contributed by atoms with Crippen LogP contribution in [0.4, 0.5) is 0 Å². The maximum Gasteiger partial charge on any atom is 0.278 e. The minimum absolute atomic E-state index is 0.0465. The number of benzene rings is 1. The van der Waals surface area contributed by atoms with Gasteiger partial charge >= 0.3 is 0 Å². The fourth-order valence-corrected chi connectivity index (χ4v) is 5.89. The van der Waals surface area contributed by atoms with E-state index in [0.717, 1.165) is 18.4 Å². The zero-order chi connectivity index (χ0) is 19.4. The van der Waals surface area contributed by atoms with Crippen LogP contribution in [-0.2, 0) is 20.6 Å². The van der Waals surface area contributed by atoms with Crippen LogP contribution in [0.3, 0.4) is 0 Å². The molecule has 2 heterocycles. The molecule has 2 saturated heterocycles. The Morgan fingerprint density at radius 3 is 2.26 bits per heavy atom. The number of quaternary nitrogens is 1. The van der Waals surface area contributed by atoms with Gasteiger partial charge in [0.2, 0.25) is 10.0 Å². The number of nitrogens with zero attached hydrogens (tertiary/aromatic N) is 2. The van der Waals surface area contributed by atoms with Crippen LogP contribution in [0.1, 0.15) is 38.7 Å². The lowest BCUT2D eigenvalue weighted by molar-refractivity contribution is -0.896. The van der Waals surface area contributed by atoms with Crippen molar-refractivity contribution in [3.05, 3.63) is 35.9 Å². The first-order valence-corrected chi connectivity index (χ1v) is 11.6. The summed E-state index contributed by atoms with van der Waals surface area (Å²) in [7, 11) is -3.30. The molecule has 2 fully saturated rings. The van der Waals surface area contributed by atoms with E-state index in [1.165, 1.54) is 11.3 Å². The van der Waals surface area contributed by atoms with Gasteiger partial charge in [0.1, 0.15) is 0 Å². The summed E-state index contributed by atoms with van der Waals surface area (Å²) in [5.41, 5.74) is 0.815. The van der Waals surface area contributed by atoms with Gasteiger partial charge in [-0.3, -0.25) is 4.79 Å². The van der Waals surface area contributed by atoms with Crippen LogP contribution in [0.15, 0.2) is 30.3 Å². The summed E-state index contributed by atoms with van der Waals surface area (Å²) in [5.74, 6) is 0.260. The lowest BCUT2D eigenvalue weighted by Gasteiger charge is -2.40. The largest absolute Gasteiger partial charge is 0.332 e. The maximum absolute atomic E-state index is 12.8. The molecule has 2 aliphatic rings. The molecule has 0 aromatic heterocycles. The lowest BCUT2D eigenvalue weighted by atomic mass is 9.97. The standard InChI is InChI=1S/C20H31N3O3S/c1-17-7-6-8-18(2)23(17)20(24)15-21-11-13-22(14-12-21)27(25,26)16-19-9-4-3-5-10-19/h3-5,9-10,17-18H,6-8,11-16H2,1-2H3/p+1/t17-,18-/m1/s1. The van der Waals surface area contributed by atoms with Gasteiger partial charge in [0.25, 0.3) is 5.91 Å². The molecule has 1 N–H and O–H groups in total. The zero-order valence-electron chi connectivity index (χ0n) is 16.4. The van der Waals surface area contributed by atoms with E-state index in [9.17, 15) is 13.2 Å². The molecular formula is C20H32N3O3S+. The second-order valence-corrected chi connectivity index (χ2v) is 9.97. The van der Waals surface area contributed by atoms with Crippen LogP contribution in [-0.4, -0.2) is 68.3 Å². The van der Waals surface area contributed by atoms with Gasteiger partial charge in [0, 0.05) is 12.1 Å². The van der Waals surface area contributed by atoms with Crippen molar-refractivity contribution in [2.45, 2.75) is 50.9 Å². The third-order valence-corrected chi connectivity index (χ3v) is 7.75. The average molecular weight is 395 g/mol. The number of piperazine rings is 1. The molecule has 0 aliphatic carbocycles. The second-order valence-electron chi connectivity index (χ2n) is 8.00. The molecule has 0 spiro atoms. The Morgan fingerprint density at radius 2 is 1.67 bits per heavy atom. The van der Waals surface area contributed by atoms with Crippen LogP contribution in [0.25, 0.3) is 0 Å². The molecular weight excluding hydrogens is 362 g/mol. The first-order chi connectivity index (χ1) is 12.9. The lowest BCUT2D eigenvalue weighted by Crippen LogP contribution is -3.16. The van der Waals surface area contributed by atoms with E-state index in [4.69, 9.17) is 0 Å². The van der Waals surface area contributed by atoms with Crippen molar-refractivity contribution in [1.82, 2.24) is 9.21 Å². The van der Waals surface area contributed by atoms with Crippen molar-refractivity contribution >= 4 is 15.9 Å². The summed E-state index contributed by atoms with van der Waals surface area (Å²) < 4.78 is 26.9. The number of hydrogen-bond donors (Lipinski definition) is 1. The van der Waals surface area contributed by atoms with Crippen LogP contribution in [0.5, 0.6) is 0 Å². The topological polar surface area (TPSA) is 62.1 Å². The fourth-order valence-electron chi connectivity index (χ4n) is 4.35. The van der Waals surface area contributed by atoms with E-state index < -0.39 is 10.0 Å². The van der Waals surface area contributed by atoms with E-state index in [-0.39, 0.29) is 11.7 Å². The Hall–Kier alpha value is -1.44. The molecule has 1 aromatic carbocycles. The quantitative estimate of drug-likeness (QED) is 0.791. The molecule has 1 aromatic rings. The van der Waals surface area contributed by atoms with Gasteiger partial charge in [-0.2, -0.15) is 4.31 Å². The first-order valence-electron chi connectivity index (χ1n) is 10.0. The molecule has 2 aliphatic heterocycles. The molecule has 1 amide bonds. The molecule has 0 radical (unpaired) electrons. The Kier molecular flexibility index (Phi) is 6.55. The van der Waals surface area contributed by atoms with Crippen LogP contribution >= 0.6 is 0 Å². The van der Waals surface area contributed by atoms with Gasteiger partial charge in [0.15, 0.2) is 6.54 Å². The summed E-state index contributed by atoms with van der Waals surface area (Å²) in [6.45, 7) is 7.10.